The van der Waals surface area contributed by atoms with E-state index in [2.05, 4.69) is 33.9 Å². The van der Waals surface area contributed by atoms with Crippen LogP contribution in [-0.4, -0.2) is 41.3 Å². The second-order valence-electron chi connectivity index (χ2n) is 6.13. The van der Waals surface area contributed by atoms with Crippen LogP contribution in [0.2, 0.25) is 0 Å². The van der Waals surface area contributed by atoms with Crippen LogP contribution >= 0.6 is 11.3 Å². The highest BCUT2D eigenvalue weighted by Crippen LogP contribution is 2.20. The molecule has 0 atom stereocenters. The minimum Gasteiger partial charge on any atom is -0.378 e. The predicted octanol–water partition coefficient (Wildman–Crippen LogP) is 2.80. The molecule has 1 aromatic carbocycles. The van der Waals surface area contributed by atoms with Gasteiger partial charge in [0.15, 0.2) is 0 Å². The topological polar surface area (TPSA) is 58.6 Å². The van der Waals surface area contributed by atoms with Crippen LogP contribution in [0.1, 0.15) is 16.9 Å². The van der Waals surface area contributed by atoms with Crippen molar-refractivity contribution >= 4 is 27.0 Å². The molecule has 0 bridgehead atoms. The molecule has 1 fully saturated rings. The molecule has 0 amide bonds. The Labute approximate surface area is 153 Å². The van der Waals surface area contributed by atoms with E-state index in [-0.39, 0.29) is 0 Å². The third-order valence-corrected chi connectivity index (χ3v) is 7.18. The van der Waals surface area contributed by atoms with Gasteiger partial charge in [0.25, 0.3) is 0 Å². The fraction of sp³-hybridized carbons (Fsp3) is 0.444. The molecule has 1 aromatic heterocycles. The maximum Gasteiger partial charge on any atom is 0.250 e. The smallest absolute Gasteiger partial charge is 0.250 e. The van der Waals surface area contributed by atoms with Crippen molar-refractivity contribution in [3.63, 3.8) is 0 Å². The molecule has 7 heteroatoms. The molecule has 5 nitrogen and oxygen atoms in total. The molecule has 0 radical (unpaired) electrons. The highest BCUT2D eigenvalue weighted by molar-refractivity contribution is 7.91. The number of nitrogens with zero attached hydrogens (tertiary/aromatic N) is 1. The fourth-order valence-corrected chi connectivity index (χ4v) is 5.22. The summed E-state index contributed by atoms with van der Waals surface area (Å²) >= 11 is 1.30. The first-order chi connectivity index (χ1) is 12.0. The van der Waals surface area contributed by atoms with Crippen molar-refractivity contribution in [3.05, 3.63) is 46.8 Å². The van der Waals surface area contributed by atoms with Crippen molar-refractivity contribution in [2.45, 2.75) is 24.0 Å². The normalized spacial score (nSPS) is 15.5. The predicted molar refractivity (Wildman–Crippen MR) is 102 cm³/mol. The summed E-state index contributed by atoms with van der Waals surface area (Å²) in [5, 5.41) is 0. The fourth-order valence-electron chi connectivity index (χ4n) is 2.82. The second kappa shape index (κ2) is 8.31. The van der Waals surface area contributed by atoms with Crippen molar-refractivity contribution in [3.8, 4) is 0 Å². The van der Waals surface area contributed by atoms with Gasteiger partial charge in [-0.1, -0.05) is 12.1 Å². The summed E-state index contributed by atoms with van der Waals surface area (Å²) in [4.78, 5) is 3.32. The van der Waals surface area contributed by atoms with Crippen molar-refractivity contribution in [1.82, 2.24) is 4.72 Å². The maximum absolute atomic E-state index is 12.2. The summed E-state index contributed by atoms with van der Waals surface area (Å²) in [5.74, 6) is 0. The van der Waals surface area contributed by atoms with Crippen LogP contribution in [0.3, 0.4) is 0 Å². The van der Waals surface area contributed by atoms with Crippen LogP contribution in [0.5, 0.6) is 0 Å². The third kappa shape index (κ3) is 5.04. The Balaban J connectivity index is 1.46. The summed E-state index contributed by atoms with van der Waals surface area (Å²) in [6, 6.07) is 12.0. The number of ether oxygens (including phenoxy) is 1. The SMILES string of the molecule is Cc1ccc(S(=O)(=O)NCCCc2ccc(N3CCOCC3)cc2)s1. The van der Waals surface area contributed by atoms with E-state index in [1.54, 1.807) is 6.07 Å². The van der Waals surface area contributed by atoms with E-state index in [1.165, 1.54) is 22.6 Å². The van der Waals surface area contributed by atoms with Crippen LogP contribution in [0.25, 0.3) is 0 Å². The molecule has 25 heavy (non-hydrogen) atoms. The molecule has 1 aliphatic rings. The number of thiophene rings is 1. The van der Waals surface area contributed by atoms with Crippen LogP contribution < -0.4 is 9.62 Å². The second-order valence-corrected chi connectivity index (χ2v) is 9.41. The zero-order valence-corrected chi connectivity index (χ0v) is 16.0. The minimum atomic E-state index is -3.37. The highest BCUT2D eigenvalue weighted by atomic mass is 32.2. The summed E-state index contributed by atoms with van der Waals surface area (Å²) in [6.07, 6.45) is 1.63. The van der Waals surface area contributed by atoms with Gasteiger partial charge in [-0.25, -0.2) is 13.1 Å². The van der Waals surface area contributed by atoms with E-state index >= 15 is 0 Å². The molecule has 1 aliphatic heterocycles. The van der Waals surface area contributed by atoms with Crippen LogP contribution in [-0.2, 0) is 21.2 Å². The average Bonchev–Trinajstić information content (AvgIpc) is 3.07. The zero-order chi connectivity index (χ0) is 17.7. The molecule has 0 aliphatic carbocycles. The minimum absolute atomic E-state index is 0.389. The molecule has 0 unspecified atom stereocenters. The van der Waals surface area contributed by atoms with Gasteiger partial charge in [-0.05, 0) is 49.6 Å². The molecule has 136 valence electrons. The molecule has 3 rings (SSSR count). The standard InChI is InChI=1S/C18H24N2O3S2/c1-15-4-9-18(24-15)25(21,22)19-10-2-3-16-5-7-17(8-6-16)20-11-13-23-14-12-20/h4-9,19H,2-3,10-14H2,1H3. The van der Waals surface area contributed by atoms with E-state index in [0.29, 0.717) is 10.8 Å². The summed E-state index contributed by atoms with van der Waals surface area (Å²) < 4.78 is 32.8. The highest BCUT2D eigenvalue weighted by Gasteiger charge is 2.15. The maximum atomic E-state index is 12.2. The summed E-state index contributed by atoms with van der Waals surface area (Å²) in [5.41, 5.74) is 2.45. The largest absolute Gasteiger partial charge is 0.378 e. The molecule has 2 aromatic rings. The van der Waals surface area contributed by atoms with Gasteiger partial charge in [0.2, 0.25) is 10.0 Å². The third-order valence-electron chi connectivity index (χ3n) is 4.23. The number of nitrogens with one attached hydrogen (secondary N) is 1. The Morgan fingerprint density at radius 1 is 1.12 bits per heavy atom. The molecule has 0 spiro atoms. The van der Waals surface area contributed by atoms with Crippen molar-refractivity contribution in [2.24, 2.45) is 0 Å². The van der Waals surface area contributed by atoms with Gasteiger partial charge in [0, 0.05) is 30.2 Å². The number of hydrogen-bond donors (Lipinski definition) is 1. The number of morpholine rings is 1. The molecule has 1 N–H and O–H groups in total. The average molecular weight is 381 g/mol. The van der Waals surface area contributed by atoms with Crippen LogP contribution in [0.15, 0.2) is 40.6 Å². The van der Waals surface area contributed by atoms with E-state index in [1.807, 2.05) is 13.0 Å². The van der Waals surface area contributed by atoms with Gasteiger partial charge in [0.05, 0.1) is 13.2 Å². The lowest BCUT2D eigenvalue weighted by Crippen LogP contribution is -2.36. The van der Waals surface area contributed by atoms with E-state index in [4.69, 9.17) is 4.74 Å². The van der Waals surface area contributed by atoms with E-state index in [9.17, 15) is 8.42 Å². The number of benzene rings is 1. The van der Waals surface area contributed by atoms with Gasteiger partial charge in [-0.3, -0.25) is 0 Å². The monoisotopic (exact) mass is 380 g/mol. The van der Waals surface area contributed by atoms with E-state index in [0.717, 1.165) is 44.0 Å². The Morgan fingerprint density at radius 3 is 2.48 bits per heavy atom. The van der Waals surface area contributed by atoms with Gasteiger partial charge in [-0.15, -0.1) is 11.3 Å². The zero-order valence-electron chi connectivity index (χ0n) is 14.4. The lowest BCUT2D eigenvalue weighted by molar-refractivity contribution is 0.122. The van der Waals surface area contributed by atoms with Gasteiger partial charge < -0.3 is 9.64 Å². The first kappa shape index (κ1) is 18.4. The van der Waals surface area contributed by atoms with Gasteiger partial charge in [0.1, 0.15) is 4.21 Å². The van der Waals surface area contributed by atoms with Crippen LogP contribution in [0, 0.1) is 6.92 Å². The number of sulfonamides is 1. The molecular weight excluding hydrogens is 356 g/mol. The first-order valence-corrected chi connectivity index (χ1v) is 10.8. The number of rotatable bonds is 7. The Morgan fingerprint density at radius 2 is 1.84 bits per heavy atom. The Hall–Kier alpha value is -1.41. The first-order valence-electron chi connectivity index (χ1n) is 8.52. The summed E-state index contributed by atoms with van der Waals surface area (Å²) in [6.45, 7) is 5.79. The van der Waals surface area contributed by atoms with Gasteiger partial charge in [-0.2, -0.15) is 0 Å². The lowest BCUT2D eigenvalue weighted by Gasteiger charge is -2.28. The number of anilines is 1. The van der Waals surface area contributed by atoms with Crippen molar-refractivity contribution in [2.75, 3.05) is 37.7 Å². The molecule has 0 saturated carbocycles. The summed E-state index contributed by atoms with van der Waals surface area (Å²) in [7, 11) is -3.37. The van der Waals surface area contributed by atoms with Crippen LogP contribution in [0.4, 0.5) is 5.69 Å². The number of aryl methyl sites for hydroxylation is 2. The molecule has 2 heterocycles. The van der Waals surface area contributed by atoms with E-state index < -0.39 is 10.0 Å². The quantitative estimate of drug-likeness (QED) is 0.751. The Kier molecular flexibility index (Phi) is 6.11. The molecule has 1 saturated heterocycles. The Bertz CT molecular complexity index is 779. The van der Waals surface area contributed by atoms with Gasteiger partial charge >= 0.3 is 0 Å². The number of hydrogen-bond acceptors (Lipinski definition) is 5. The van der Waals surface area contributed by atoms with Crippen molar-refractivity contribution in [1.29, 1.82) is 0 Å². The van der Waals surface area contributed by atoms with Crippen molar-refractivity contribution < 1.29 is 13.2 Å². The molecular formula is C18H24N2O3S2. The lowest BCUT2D eigenvalue weighted by atomic mass is 10.1.